The summed E-state index contributed by atoms with van der Waals surface area (Å²) in [4.78, 5) is 14.0. The highest BCUT2D eigenvalue weighted by Gasteiger charge is 2.33. The molecule has 1 saturated carbocycles. The molecule has 0 aliphatic heterocycles. The first kappa shape index (κ1) is 15.0. The van der Waals surface area contributed by atoms with Crippen molar-refractivity contribution in [2.75, 3.05) is 20.1 Å². The Labute approximate surface area is 120 Å². The molecule has 1 aliphatic rings. The Morgan fingerprint density at radius 1 is 1.40 bits per heavy atom. The van der Waals surface area contributed by atoms with Crippen molar-refractivity contribution in [3.05, 3.63) is 35.4 Å². The molecule has 0 aromatic heterocycles. The first-order valence-electron chi connectivity index (χ1n) is 7.31. The van der Waals surface area contributed by atoms with E-state index in [2.05, 4.69) is 0 Å². The highest BCUT2D eigenvalue weighted by Crippen LogP contribution is 2.30. The number of carbonyl (C=O) groups is 1. The second-order valence-electron chi connectivity index (χ2n) is 5.83. The van der Waals surface area contributed by atoms with Crippen molar-refractivity contribution in [2.24, 2.45) is 5.73 Å². The number of amides is 1. The summed E-state index contributed by atoms with van der Waals surface area (Å²) in [6.45, 7) is 0.986. The lowest BCUT2D eigenvalue weighted by molar-refractivity contribution is 0.0157. The highest BCUT2D eigenvalue weighted by molar-refractivity contribution is 5.94. The third kappa shape index (κ3) is 3.58. The SMILES string of the molecule is CN(CC1(O)CCCC1)C(=O)c1cccc(CCN)c1. The molecule has 110 valence electrons. The van der Waals surface area contributed by atoms with Crippen LogP contribution in [0.2, 0.25) is 0 Å². The van der Waals surface area contributed by atoms with E-state index in [-0.39, 0.29) is 5.91 Å². The van der Waals surface area contributed by atoms with Crippen molar-refractivity contribution >= 4 is 5.91 Å². The summed E-state index contributed by atoms with van der Waals surface area (Å²) < 4.78 is 0. The molecule has 1 aromatic rings. The molecule has 4 nitrogen and oxygen atoms in total. The first-order valence-corrected chi connectivity index (χ1v) is 7.31. The molecular weight excluding hydrogens is 252 g/mol. The fourth-order valence-electron chi connectivity index (χ4n) is 2.95. The van der Waals surface area contributed by atoms with Crippen LogP contribution in [-0.2, 0) is 6.42 Å². The molecule has 3 N–H and O–H groups in total. The zero-order valence-electron chi connectivity index (χ0n) is 12.1. The van der Waals surface area contributed by atoms with Gasteiger partial charge < -0.3 is 15.7 Å². The minimum absolute atomic E-state index is 0.0378. The molecule has 0 saturated heterocycles. The van der Waals surface area contributed by atoms with Crippen LogP contribution in [-0.4, -0.2) is 41.7 Å². The van der Waals surface area contributed by atoms with Gasteiger partial charge in [0.15, 0.2) is 0 Å². The molecule has 4 heteroatoms. The van der Waals surface area contributed by atoms with E-state index in [1.165, 1.54) is 0 Å². The minimum atomic E-state index is -0.695. The number of hydrogen-bond donors (Lipinski definition) is 2. The van der Waals surface area contributed by atoms with Gasteiger partial charge in [-0.3, -0.25) is 4.79 Å². The number of likely N-dealkylation sites (N-methyl/N-ethyl adjacent to an activating group) is 1. The van der Waals surface area contributed by atoms with Crippen LogP contribution in [0.3, 0.4) is 0 Å². The Bertz CT molecular complexity index is 467. The Balaban J connectivity index is 2.04. The van der Waals surface area contributed by atoms with E-state index in [0.717, 1.165) is 37.7 Å². The van der Waals surface area contributed by atoms with Crippen LogP contribution < -0.4 is 5.73 Å². The van der Waals surface area contributed by atoms with Crippen LogP contribution >= 0.6 is 0 Å². The quantitative estimate of drug-likeness (QED) is 0.858. The van der Waals surface area contributed by atoms with E-state index in [9.17, 15) is 9.90 Å². The highest BCUT2D eigenvalue weighted by atomic mass is 16.3. The van der Waals surface area contributed by atoms with Gasteiger partial charge >= 0.3 is 0 Å². The largest absolute Gasteiger partial charge is 0.388 e. The fourth-order valence-corrected chi connectivity index (χ4v) is 2.95. The number of nitrogens with two attached hydrogens (primary N) is 1. The van der Waals surface area contributed by atoms with Gasteiger partial charge in [0.25, 0.3) is 5.91 Å². The molecule has 0 bridgehead atoms. The Morgan fingerprint density at radius 3 is 2.75 bits per heavy atom. The van der Waals surface area contributed by atoms with Crippen LogP contribution in [0.25, 0.3) is 0 Å². The van der Waals surface area contributed by atoms with Crippen LogP contribution in [0.4, 0.5) is 0 Å². The molecule has 0 spiro atoms. The van der Waals surface area contributed by atoms with Gasteiger partial charge in [0.2, 0.25) is 0 Å². The van der Waals surface area contributed by atoms with Gasteiger partial charge in [-0.05, 0) is 43.5 Å². The summed E-state index contributed by atoms with van der Waals surface area (Å²) in [5.41, 5.74) is 6.59. The van der Waals surface area contributed by atoms with Crippen molar-refractivity contribution in [3.63, 3.8) is 0 Å². The fraction of sp³-hybridized carbons (Fsp3) is 0.562. The van der Waals surface area contributed by atoms with Crippen LogP contribution in [0.15, 0.2) is 24.3 Å². The number of aliphatic hydroxyl groups is 1. The van der Waals surface area contributed by atoms with E-state index < -0.39 is 5.60 Å². The minimum Gasteiger partial charge on any atom is -0.388 e. The molecule has 0 atom stereocenters. The predicted molar refractivity (Wildman–Crippen MR) is 79.6 cm³/mol. The molecule has 1 aromatic carbocycles. The Morgan fingerprint density at radius 2 is 2.10 bits per heavy atom. The summed E-state index contributed by atoms with van der Waals surface area (Å²) in [7, 11) is 1.76. The van der Waals surface area contributed by atoms with Crippen LogP contribution in [0.5, 0.6) is 0 Å². The molecule has 0 unspecified atom stereocenters. The Hall–Kier alpha value is -1.39. The van der Waals surface area contributed by atoms with Crippen LogP contribution in [0, 0.1) is 0 Å². The molecule has 20 heavy (non-hydrogen) atoms. The average molecular weight is 276 g/mol. The second-order valence-corrected chi connectivity index (χ2v) is 5.83. The van der Waals surface area contributed by atoms with E-state index in [1.807, 2.05) is 24.3 Å². The number of nitrogens with zero attached hydrogens (tertiary/aromatic N) is 1. The maximum absolute atomic E-state index is 12.4. The molecule has 1 amide bonds. The standard InChI is InChI=1S/C16H24N2O2/c1-18(12-16(20)8-2-3-9-16)15(19)14-6-4-5-13(11-14)7-10-17/h4-6,11,20H,2-3,7-10,12,17H2,1H3. The molecule has 0 heterocycles. The maximum atomic E-state index is 12.4. The van der Waals surface area contributed by atoms with E-state index in [1.54, 1.807) is 11.9 Å². The number of rotatable bonds is 5. The van der Waals surface area contributed by atoms with Crippen LogP contribution in [0.1, 0.15) is 41.6 Å². The summed E-state index contributed by atoms with van der Waals surface area (Å²) in [6, 6.07) is 7.58. The van der Waals surface area contributed by atoms with Gasteiger partial charge in [-0.25, -0.2) is 0 Å². The number of benzene rings is 1. The van der Waals surface area contributed by atoms with E-state index in [4.69, 9.17) is 5.73 Å². The second kappa shape index (κ2) is 6.37. The summed E-state index contributed by atoms with van der Waals surface area (Å²) in [5, 5.41) is 10.4. The lowest BCUT2D eigenvalue weighted by atomic mass is 10.0. The van der Waals surface area contributed by atoms with E-state index in [0.29, 0.717) is 18.7 Å². The van der Waals surface area contributed by atoms with Crippen molar-refractivity contribution in [3.8, 4) is 0 Å². The van der Waals surface area contributed by atoms with Crippen molar-refractivity contribution in [1.29, 1.82) is 0 Å². The van der Waals surface area contributed by atoms with Gasteiger partial charge in [-0.1, -0.05) is 25.0 Å². The zero-order valence-corrected chi connectivity index (χ0v) is 12.1. The first-order chi connectivity index (χ1) is 9.54. The lowest BCUT2D eigenvalue weighted by Crippen LogP contribution is -2.42. The molecular formula is C16H24N2O2. The van der Waals surface area contributed by atoms with E-state index >= 15 is 0 Å². The van der Waals surface area contributed by atoms with Gasteiger partial charge in [-0.2, -0.15) is 0 Å². The summed E-state index contributed by atoms with van der Waals surface area (Å²) >= 11 is 0. The van der Waals surface area contributed by atoms with Gasteiger partial charge in [0, 0.05) is 19.2 Å². The lowest BCUT2D eigenvalue weighted by Gasteiger charge is -2.28. The monoisotopic (exact) mass is 276 g/mol. The third-order valence-corrected chi connectivity index (χ3v) is 4.02. The normalized spacial score (nSPS) is 17.1. The third-order valence-electron chi connectivity index (χ3n) is 4.02. The summed E-state index contributed by atoms with van der Waals surface area (Å²) in [6.07, 6.45) is 4.44. The van der Waals surface area contributed by atoms with Gasteiger partial charge in [0.05, 0.1) is 5.60 Å². The molecule has 1 fully saturated rings. The van der Waals surface area contributed by atoms with Crippen molar-refractivity contribution in [2.45, 2.75) is 37.7 Å². The molecule has 0 radical (unpaired) electrons. The smallest absolute Gasteiger partial charge is 0.253 e. The number of hydrogen-bond acceptors (Lipinski definition) is 3. The Kier molecular flexibility index (Phi) is 4.78. The molecule has 1 aliphatic carbocycles. The average Bonchev–Trinajstić information content (AvgIpc) is 2.85. The summed E-state index contributed by atoms with van der Waals surface area (Å²) in [5.74, 6) is -0.0378. The topological polar surface area (TPSA) is 66.6 Å². The maximum Gasteiger partial charge on any atom is 0.253 e. The predicted octanol–water partition coefficient (Wildman–Crippen LogP) is 1.56. The van der Waals surface area contributed by atoms with Gasteiger partial charge in [-0.15, -0.1) is 0 Å². The van der Waals surface area contributed by atoms with Crippen molar-refractivity contribution in [1.82, 2.24) is 4.90 Å². The molecule has 2 rings (SSSR count). The zero-order chi connectivity index (χ0) is 14.6. The number of carbonyl (C=O) groups excluding carboxylic acids is 1. The van der Waals surface area contributed by atoms with Gasteiger partial charge in [0.1, 0.15) is 0 Å². The van der Waals surface area contributed by atoms with Crippen molar-refractivity contribution < 1.29 is 9.90 Å².